The molecule has 11 heteroatoms. The quantitative estimate of drug-likeness (QED) is 0.433. The fourth-order valence-electron chi connectivity index (χ4n) is 4.44. The molecule has 1 amide bonds. The number of amides is 1. The van der Waals surface area contributed by atoms with Gasteiger partial charge in [-0.2, -0.15) is 18.3 Å². The first-order chi connectivity index (χ1) is 16.3. The maximum absolute atomic E-state index is 13.1. The van der Waals surface area contributed by atoms with E-state index in [0.717, 1.165) is 30.5 Å². The van der Waals surface area contributed by atoms with Gasteiger partial charge in [0.15, 0.2) is 5.65 Å². The van der Waals surface area contributed by atoms with Crippen LogP contribution in [0.2, 0.25) is 0 Å². The van der Waals surface area contributed by atoms with Crippen molar-refractivity contribution >= 4 is 28.3 Å². The van der Waals surface area contributed by atoms with E-state index in [0.29, 0.717) is 6.54 Å². The van der Waals surface area contributed by atoms with Gasteiger partial charge in [0, 0.05) is 11.4 Å². The van der Waals surface area contributed by atoms with Gasteiger partial charge in [0.2, 0.25) is 5.91 Å². The first-order valence-corrected chi connectivity index (χ1v) is 11.6. The van der Waals surface area contributed by atoms with Gasteiger partial charge in [-0.15, -0.1) is 11.3 Å². The van der Waals surface area contributed by atoms with Crippen LogP contribution in [0.4, 0.5) is 13.2 Å². The summed E-state index contributed by atoms with van der Waals surface area (Å²) in [6, 6.07) is 6.66. The molecule has 1 aliphatic heterocycles. The zero-order valence-corrected chi connectivity index (χ0v) is 18.9. The summed E-state index contributed by atoms with van der Waals surface area (Å²) in [5.74, 6) is -0.183. The van der Waals surface area contributed by atoms with Gasteiger partial charge in [-0.3, -0.25) is 14.2 Å². The summed E-state index contributed by atoms with van der Waals surface area (Å²) < 4.78 is 41.7. The molecule has 0 aliphatic carbocycles. The highest BCUT2D eigenvalue weighted by atomic mass is 32.1. The second kappa shape index (κ2) is 8.39. The Labute approximate surface area is 196 Å². The predicted molar refractivity (Wildman–Crippen MR) is 121 cm³/mol. The number of rotatable bonds is 4. The van der Waals surface area contributed by atoms with Crippen LogP contribution in [-0.4, -0.2) is 36.7 Å². The van der Waals surface area contributed by atoms with Gasteiger partial charge >= 0.3 is 6.18 Å². The van der Waals surface area contributed by atoms with Crippen LogP contribution in [0.3, 0.4) is 0 Å². The molecule has 4 aromatic rings. The van der Waals surface area contributed by atoms with Crippen LogP contribution in [0.5, 0.6) is 0 Å². The molecule has 0 bridgehead atoms. The van der Waals surface area contributed by atoms with Gasteiger partial charge in [-0.25, -0.2) is 9.67 Å². The Hall–Kier alpha value is -3.47. The number of carbonyl (C=O) groups is 1. The molecule has 7 nitrogen and oxygen atoms in total. The van der Waals surface area contributed by atoms with E-state index >= 15 is 0 Å². The van der Waals surface area contributed by atoms with Crippen molar-refractivity contribution < 1.29 is 18.0 Å². The van der Waals surface area contributed by atoms with Crippen molar-refractivity contribution in [2.24, 2.45) is 0 Å². The molecule has 176 valence electrons. The number of hydrogen-bond acceptors (Lipinski definition) is 5. The number of hydrogen-bond donors (Lipinski definition) is 0. The molecule has 0 saturated carbocycles. The Balaban J connectivity index is 1.44. The van der Waals surface area contributed by atoms with E-state index in [1.165, 1.54) is 38.8 Å². The zero-order valence-electron chi connectivity index (χ0n) is 18.1. The summed E-state index contributed by atoms with van der Waals surface area (Å²) >= 11 is 1.69. The van der Waals surface area contributed by atoms with Crippen molar-refractivity contribution in [3.05, 3.63) is 74.6 Å². The zero-order chi connectivity index (χ0) is 24.0. The van der Waals surface area contributed by atoms with Gasteiger partial charge in [-0.1, -0.05) is 13.0 Å². The lowest BCUT2D eigenvalue weighted by Crippen LogP contribution is -2.42. The maximum Gasteiger partial charge on any atom is 0.416 e. The Morgan fingerprint density at radius 1 is 1.26 bits per heavy atom. The number of benzene rings is 1. The van der Waals surface area contributed by atoms with Crippen molar-refractivity contribution in [2.45, 2.75) is 38.5 Å². The maximum atomic E-state index is 13.1. The molecule has 1 atom stereocenters. The molecular formula is C23H20F3N5O2S. The van der Waals surface area contributed by atoms with Gasteiger partial charge in [0.25, 0.3) is 5.56 Å². The van der Waals surface area contributed by atoms with E-state index in [2.05, 4.69) is 16.1 Å². The summed E-state index contributed by atoms with van der Waals surface area (Å²) in [6.07, 6.45) is -0.445. The topological polar surface area (TPSA) is 73.0 Å². The van der Waals surface area contributed by atoms with Crippen LogP contribution in [0.15, 0.2) is 53.0 Å². The minimum Gasteiger partial charge on any atom is -0.334 e. The average Bonchev–Trinajstić information content (AvgIpc) is 3.47. The molecule has 0 fully saturated rings. The summed E-state index contributed by atoms with van der Waals surface area (Å²) in [5.41, 5.74) is 0.123. The lowest BCUT2D eigenvalue weighted by molar-refractivity contribution is -0.137. The third kappa shape index (κ3) is 3.79. The van der Waals surface area contributed by atoms with E-state index in [9.17, 15) is 22.8 Å². The highest BCUT2D eigenvalue weighted by Crippen LogP contribution is 2.35. The first kappa shape index (κ1) is 22.3. The largest absolute Gasteiger partial charge is 0.416 e. The van der Waals surface area contributed by atoms with Crippen molar-refractivity contribution in [3.63, 3.8) is 0 Å². The minimum absolute atomic E-state index is 0.0291. The van der Waals surface area contributed by atoms with Crippen LogP contribution in [0, 0.1) is 0 Å². The molecule has 3 aromatic heterocycles. The number of carbonyl (C=O) groups excluding carboxylic acids is 1. The minimum atomic E-state index is -4.51. The normalized spacial score (nSPS) is 16.1. The second-order valence-electron chi connectivity index (χ2n) is 8.08. The van der Waals surface area contributed by atoms with Crippen molar-refractivity contribution in [3.8, 4) is 5.69 Å². The SMILES string of the molecule is CCC1c2ccsc2CCN1C(=O)Cn1cnc2c(cnn2-c2cccc(C(F)(F)F)c2)c1=O. The Bertz CT molecular complexity index is 1440. The Morgan fingerprint density at radius 2 is 2.09 bits per heavy atom. The standard InChI is InChI=1S/C23H20F3N5O2S/c1-2-18-16-7-9-34-19(16)6-8-30(18)20(32)12-29-13-27-21-17(22(29)33)11-28-31(21)15-5-3-4-14(10-15)23(24,25)26/h3-5,7,9-11,13,18H,2,6,8,12H2,1H3. The van der Waals surface area contributed by atoms with Crippen LogP contribution in [0.25, 0.3) is 16.7 Å². The van der Waals surface area contributed by atoms with Gasteiger partial charge in [0.05, 0.1) is 23.5 Å². The average molecular weight is 488 g/mol. The highest BCUT2D eigenvalue weighted by molar-refractivity contribution is 7.10. The molecular weight excluding hydrogens is 467 g/mol. The molecule has 1 aliphatic rings. The summed E-state index contributed by atoms with van der Waals surface area (Å²) in [7, 11) is 0. The molecule has 5 rings (SSSR count). The predicted octanol–water partition coefficient (Wildman–Crippen LogP) is 4.20. The van der Waals surface area contributed by atoms with Crippen LogP contribution >= 0.6 is 11.3 Å². The summed E-state index contributed by atoms with van der Waals surface area (Å²) in [5, 5.41) is 6.24. The molecule has 1 aromatic carbocycles. The van der Waals surface area contributed by atoms with E-state index in [1.807, 2.05) is 12.3 Å². The number of nitrogens with zero attached hydrogens (tertiary/aromatic N) is 5. The van der Waals surface area contributed by atoms with E-state index in [4.69, 9.17) is 0 Å². The lowest BCUT2D eigenvalue weighted by Gasteiger charge is -2.35. The summed E-state index contributed by atoms with van der Waals surface area (Å²) in [6.45, 7) is 2.44. The Kier molecular flexibility index (Phi) is 5.51. The molecule has 0 radical (unpaired) electrons. The third-order valence-electron chi connectivity index (χ3n) is 6.08. The smallest absolute Gasteiger partial charge is 0.334 e. The Morgan fingerprint density at radius 3 is 2.85 bits per heavy atom. The number of fused-ring (bicyclic) bond motifs is 2. The molecule has 0 N–H and O–H groups in total. The van der Waals surface area contributed by atoms with E-state index in [-0.39, 0.29) is 35.2 Å². The number of alkyl halides is 3. The molecule has 0 saturated heterocycles. The second-order valence-corrected chi connectivity index (χ2v) is 9.08. The van der Waals surface area contributed by atoms with Crippen LogP contribution < -0.4 is 5.56 Å². The molecule has 4 heterocycles. The first-order valence-electron chi connectivity index (χ1n) is 10.7. The lowest BCUT2D eigenvalue weighted by atomic mass is 9.98. The van der Waals surface area contributed by atoms with Gasteiger partial charge < -0.3 is 4.90 Å². The summed E-state index contributed by atoms with van der Waals surface area (Å²) in [4.78, 5) is 33.5. The van der Waals surface area contributed by atoms with Gasteiger partial charge in [0.1, 0.15) is 18.3 Å². The van der Waals surface area contributed by atoms with Crippen molar-refractivity contribution in [1.82, 2.24) is 24.2 Å². The molecule has 1 unspecified atom stereocenters. The molecule has 0 spiro atoms. The van der Waals surface area contributed by atoms with Crippen LogP contribution in [-0.2, 0) is 23.9 Å². The molecule has 34 heavy (non-hydrogen) atoms. The van der Waals surface area contributed by atoms with Gasteiger partial charge in [-0.05, 0) is 48.1 Å². The number of halogens is 3. The number of thiophene rings is 1. The number of aromatic nitrogens is 4. The van der Waals surface area contributed by atoms with Crippen LogP contribution in [0.1, 0.15) is 35.4 Å². The van der Waals surface area contributed by atoms with Crippen molar-refractivity contribution in [2.75, 3.05) is 6.54 Å². The van der Waals surface area contributed by atoms with E-state index in [1.54, 1.807) is 16.2 Å². The van der Waals surface area contributed by atoms with Crippen molar-refractivity contribution in [1.29, 1.82) is 0 Å². The third-order valence-corrected chi connectivity index (χ3v) is 7.08. The van der Waals surface area contributed by atoms with E-state index < -0.39 is 17.3 Å². The fraction of sp³-hybridized carbons (Fsp3) is 0.304. The fourth-order valence-corrected chi connectivity index (χ4v) is 5.36. The monoisotopic (exact) mass is 487 g/mol. The highest BCUT2D eigenvalue weighted by Gasteiger charge is 2.32.